The molecule has 0 fully saturated rings. The van der Waals surface area contributed by atoms with Crippen LogP contribution in [0.3, 0.4) is 0 Å². The Morgan fingerprint density at radius 1 is 1.15 bits per heavy atom. The van der Waals surface area contributed by atoms with E-state index in [2.05, 4.69) is 17.3 Å². The molecular formula is C23H23ClN4O6. The topological polar surface area (TPSA) is 133 Å². The predicted octanol–water partition coefficient (Wildman–Crippen LogP) is 4.33. The number of hydrogen-bond acceptors (Lipinski definition) is 7. The van der Waals surface area contributed by atoms with Crippen molar-refractivity contribution in [2.45, 2.75) is 39.2 Å². The average molecular weight is 487 g/mol. The number of unbranched alkanes of at least 4 members (excludes halogenated alkanes) is 3. The van der Waals surface area contributed by atoms with Gasteiger partial charge in [-0.05, 0) is 24.6 Å². The van der Waals surface area contributed by atoms with Gasteiger partial charge in [0.25, 0.3) is 17.2 Å². The van der Waals surface area contributed by atoms with E-state index in [1.54, 1.807) is 24.3 Å². The fraction of sp³-hybridized carbons (Fsp3) is 0.304. The van der Waals surface area contributed by atoms with E-state index in [1.165, 1.54) is 16.8 Å². The van der Waals surface area contributed by atoms with Gasteiger partial charge < -0.3 is 10.1 Å². The highest BCUT2D eigenvalue weighted by molar-refractivity contribution is 6.32. The molecule has 1 N–H and O–H groups in total. The van der Waals surface area contributed by atoms with Crippen molar-refractivity contribution in [2.24, 2.45) is 0 Å². The number of fused-ring (bicyclic) bond motifs is 1. The molecule has 1 amide bonds. The van der Waals surface area contributed by atoms with Crippen LogP contribution in [-0.4, -0.2) is 33.2 Å². The highest BCUT2D eigenvalue weighted by Gasteiger charge is 2.20. The third-order valence-corrected chi connectivity index (χ3v) is 5.37. The van der Waals surface area contributed by atoms with Crippen LogP contribution in [0.25, 0.3) is 10.8 Å². The second kappa shape index (κ2) is 11.4. The summed E-state index contributed by atoms with van der Waals surface area (Å²) in [6.45, 7) is 1.79. The van der Waals surface area contributed by atoms with Crippen LogP contribution in [0.4, 0.5) is 11.4 Å². The first-order valence-electron chi connectivity index (χ1n) is 10.7. The molecule has 0 spiro atoms. The third kappa shape index (κ3) is 5.96. The summed E-state index contributed by atoms with van der Waals surface area (Å²) in [6.07, 6.45) is 3.75. The maximum Gasteiger partial charge on any atom is 0.359 e. The van der Waals surface area contributed by atoms with Crippen molar-refractivity contribution in [1.29, 1.82) is 0 Å². The van der Waals surface area contributed by atoms with E-state index in [0.29, 0.717) is 17.3 Å². The number of nitro groups is 1. The van der Waals surface area contributed by atoms with Gasteiger partial charge in [-0.25, -0.2) is 9.48 Å². The summed E-state index contributed by atoms with van der Waals surface area (Å²) in [5, 5.41) is 18.2. The Labute approximate surface area is 199 Å². The number of nitrogens with one attached hydrogen (secondary N) is 1. The number of anilines is 1. The zero-order chi connectivity index (χ0) is 24.7. The van der Waals surface area contributed by atoms with Crippen molar-refractivity contribution in [1.82, 2.24) is 9.78 Å². The number of benzene rings is 2. The number of rotatable bonds is 10. The molecule has 0 aliphatic carbocycles. The van der Waals surface area contributed by atoms with Crippen LogP contribution in [-0.2, 0) is 16.1 Å². The van der Waals surface area contributed by atoms with E-state index in [-0.39, 0.29) is 27.7 Å². The van der Waals surface area contributed by atoms with E-state index >= 15 is 0 Å². The van der Waals surface area contributed by atoms with E-state index < -0.39 is 23.4 Å². The highest BCUT2D eigenvalue weighted by Crippen LogP contribution is 2.27. The minimum Gasteiger partial charge on any atom is -0.451 e. The Morgan fingerprint density at radius 3 is 2.59 bits per heavy atom. The van der Waals surface area contributed by atoms with Crippen LogP contribution in [0.5, 0.6) is 0 Å². The van der Waals surface area contributed by atoms with Crippen molar-refractivity contribution in [3.8, 4) is 0 Å². The SMILES string of the molecule is CCCCCCn1nc(C(=O)OCC(=O)Nc2ccc(Cl)c([N+](=O)[O-])c2)c2ccccc2c1=O. The van der Waals surface area contributed by atoms with Crippen LogP contribution >= 0.6 is 11.6 Å². The number of ether oxygens (including phenoxy) is 1. The smallest absolute Gasteiger partial charge is 0.359 e. The zero-order valence-corrected chi connectivity index (χ0v) is 19.2. The third-order valence-electron chi connectivity index (χ3n) is 5.05. The van der Waals surface area contributed by atoms with Crippen molar-refractivity contribution in [2.75, 3.05) is 11.9 Å². The number of carbonyl (C=O) groups is 2. The summed E-state index contributed by atoms with van der Waals surface area (Å²) < 4.78 is 6.37. The molecule has 2 aromatic carbocycles. The van der Waals surface area contributed by atoms with Crippen LogP contribution in [0.2, 0.25) is 5.02 Å². The van der Waals surface area contributed by atoms with Gasteiger partial charge in [-0.15, -0.1) is 0 Å². The van der Waals surface area contributed by atoms with Gasteiger partial charge in [0.15, 0.2) is 12.3 Å². The van der Waals surface area contributed by atoms with Gasteiger partial charge in [0, 0.05) is 23.7 Å². The average Bonchev–Trinajstić information content (AvgIpc) is 2.82. The molecule has 3 rings (SSSR count). The standard InChI is InChI=1S/C23H23ClN4O6/c1-2-3-4-7-12-27-22(30)17-9-6-5-8-16(17)21(26-27)23(31)34-14-20(29)25-15-10-11-18(24)19(13-15)28(32)33/h5-6,8-11,13H,2-4,7,12,14H2,1H3,(H,25,29). The van der Waals surface area contributed by atoms with E-state index in [1.807, 2.05) is 0 Å². The lowest BCUT2D eigenvalue weighted by Crippen LogP contribution is -2.28. The van der Waals surface area contributed by atoms with Crippen molar-refractivity contribution in [3.63, 3.8) is 0 Å². The molecule has 0 saturated carbocycles. The van der Waals surface area contributed by atoms with Gasteiger partial charge in [0.2, 0.25) is 0 Å². The number of hydrogen-bond donors (Lipinski definition) is 1. The van der Waals surface area contributed by atoms with Gasteiger partial charge in [-0.2, -0.15) is 5.10 Å². The molecule has 11 heteroatoms. The molecule has 34 heavy (non-hydrogen) atoms. The Balaban J connectivity index is 1.74. The number of nitro benzene ring substituents is 1. The van der Waals surface area contributed by atoms with E-state index in [0.717, 1.165) is 31.7 Å². The molecule has 10 nitrogen and oxygen atoms in total. The lowest BCUT2D eigenvalue weighted by atomic mass is 10.1. The molecule has 1 aromatic heterocycles. The summed E-state index contributed by atoms with van der Waals surface area (Å²) in [4.78, 5) is 48.1. The Hall–Kier alpha value is -3.79. The van der Waals surface area contributed by atoms with Crippen LogP contribution < -0.4 is 10.9 Å². The molecule has 1 heterocycles. The van der Waals surface area contributed by atoms with Gasteiger partial charge in [0.1, 0.15) is 5.02 Å². The Kier molecular flexibility index (Phi) is 8.31. The first-order chi connectivity index (χ1) is 16.3. The van der Waals surface area contributed by atoms with E-state index in [4.69, 9.17) is 16.3 Å². The second-order valence-electron chi connectivity index (χ2n) is 7.53. The van der Waals surface area contributed by atoms with E-state index in [9.17, 15) is 24.5 Å². The molecule has 0 bridgehead atoms. The zero-order valence-electron chi connectivity index (χ0n) is 18.5. The lowest BCUT2D eigenvalue weighted by molar-refractivity contribution is -0.384. The number of halogens is 1. The van der Waals surface area contributed by atoms with Crippen LogP contribution in [0, 0.1) is 10.1 Å². The monoisotopic (exact) mass is 486 g/mol. The maximum absolute atomic E-state index is 12.8. The number of aryl methyl sites for hydroxylation is 1. The first-order valence-corrected chi connectivity index (χ1v) is 11.1. The fourth-order valence-electron chi connectivity index (χ4n) is 3.35. The molecule has 0 aliphatic rings. The number of nitrogens with zero attached hydrogens (tertiary/aromatic N) is 3. The molecule has 3 aromatic rings. The molecule has 0 atom stereocenters. The van der Waals surface area contributed by atoms with Gasteiger partial charge in [-0.3, -0.25) is 19.7 Å². The summed E-state index contributed by atoms with van der Waals surface area (Å²) >= 11 is 5.76. The number of aromatic nitrogens is 2. The van der Waals surface area contributed by atoms with Crippen molar-refractivity contribution >= 4 is 45.6 Å². The minimum absolute atomic E-state index is 0.0689. The molecule has 0 aliphatic heterocycles. The number of esters is 1. The van der Waals surface area contributed by atoms with Crippen molar-refractivity contribution in [3.05, 3.63) is 73.6 Å². The summed E-state index contributed by atoms with van der Waals surface area (Å²) in [7, 11) is 0. The predicted molar refractivity (Wildman–Crippen MR) is 127 cm³/mol. The van der Waals surface area contributed by atoms with Gasteiger partial charge in [-0.1, -0.05) is 56.0 Å². The second-order valence-corrected chi connectivity index (χ2v) is 7.94. The lowest BCUT2D eigenvalue weighted by Gasteiger charge is -2.11. The highest BCUT2D eigenvalue weighted by atomic mass is 35.5. The van der Waals surface area contributed by atoms with Crippen LogP contribution in [0.1, 0.15) is 43.1 Å². The van der Waals surface area contributed by atoms with Gasteiger partial charge >= 0.3 is 5.97 Å². The normalized spacial score (nSPS) is 10.8. The number of carbonyl (C=O) groups excluding carboxylic acids is 2. The summed E-state index contributed by atoms with van der Waals surface area (Å²) in [5.74, 6) is -1.57. The van der Waals surface area contributed by atoms with Gasteiger partial charge in [0.05, 0.1) is 10.3 Å². The quantitative estimate of drug-likeness (QED) is 0.195. The molecule has 0 radical (unpaired) electrons. The largest absolute Gasteiger partial charge is 0.451 e. The molecule has 178 valence electrons. The van der Waals surface area contributed by atoms with Crippen LogP contribution in [0.15, 0.2) is 47.3 Å². The first kappa shape index (κ1) is 24.8. The molecular weight excluding hydrogens is 464 g/mol. The summed E-state index contributed by atoms with van der Waals surface area (Å²) in [5.41, 5.74) is -0.610. The Morgan fingerprint density at radius 2 is 1.88 bits per heavy atom. The maximum atomic E-state index is 12.8. The molecule has 0 saturated heterocycles. The Bertz CT molecular complexity index is 1290. The summed E-state index contributed by atoms with van der Waals surface area (Å²) in [6, 6.07) is 10.3. The fourth-order valence-corrected chi connectivity index (χ4v) is 3.54. The van der Waals surface area contributed by atoms with Crippen molar-refractivity contribution < 1.29 is 19.2 Å². The molecule has 0 unspecified atom stereocenters. The minimum atomic E-state index is -0.865. The number of amides is 1.